The van der Waals surface area contributed by atoms with Crippen molar-refractivity contribution in [1.29, 1.82) is 0 Å². The van der Waals surface area contributed by atoms with Crippen LogP contribution in [-0.4, -0.2) is 23.9 Å². The number of nitrogens with zero attached hydrogens (tertiary/aromatic N) is 1. The van der Waals surface area contributed by atoms with E-state index in [0.717, 1.165) is 31.5 Å². The predicted molar refractivity (Wildman–Crippen MR) is 75.3 cm³/mol. The standard InChI is InChI=1S/C16H20N2O/c17-15(12-6-2-1-3-7-12)16(19)18-10-13-8-4-5-9-14(13)11-18/h1-7,13-15H,8-11,17H2/t13-,14+,15-/m0/s1. The Kier molecular flexibility index (Phi) is 3.38. The molecule has 1 saturated heterocycles. The van der Waals surface area contributed by atoms with Gasteiger partial charge in [0.05, 0.1) is 0 Å². The molecule has 3 rings (SSSR count). The van der Waals surface area contributed by atoms with Crippen molar-refractivity contribution in [2.75, 3.05) is 13.1 Å². The normalized spacial score (nSPS) is 27.1. The van der Waals surface area contributed by atoms with Crippen LogP contribution in [0.2, 0.25) is 0 Å². The largest absolute Gasteiger partial charge is 0.340 e. The van der Waals surface area contributed by atoms with Crippen molar-refractivity contribution in [3.8, 4) is 0 Å². The summed E-state index contributed by atoms with van der Waals surface area (Å²) in [6.45, 7) is 1.74. The summed E-state index contributed by atoms with van der Waals surface area (Å²) in [5.74, 6) is 1.34. The van der Waals surface area contributed by atoms with E-state index in [2.05, 4.69) is 12.2 Å². The van der Waals surface area contributed by atoms with Gasteiger partial charge in [0.25, 0.3) is 0 Å². The Labute approximate surface area is 114 Å². The Morgan fingerprint density at radius 2 is 1.68 bits per heavy atom. The van der Waals surface area contributed by atoms with Crippen LogP contribution in [0.3, 0.4) is 0 Å². The van der Waals surface area contributed by atoms with E-state index in [9.17, 15) is 4.79 Å². The minimum absolute atomic E-state index is 0.0700. The van der Waals surface area contributed by atoms with E-state index < -0.39 is 6.04 Å². The molecule has 0 spiro atoms. The number of amides is 1. The Balaban J connectivity index is 1.68. The Morgan fingerprint density at radius 1 is 1.11 bits per heavy atom. The van der Waals surface area contributed by atoms with Gasteiger partial charge < -0.3 is 10.6 Å². The van der Waals surface area contributed by atoms with E-state index in [0.29, 0.717) is 11.8 Å². The third-order valence-electron chi connectivity index (χ3n) is 4.36. The number of hydrogen-bond donors (Lipinski definition) is 1. The van der Waals surface area contributed by atoms with E-state index in [4.69, 9.17) is 5.73 Å². The first-order valence-electron chi connectivity index (χ1n) is 7.00. The van der Waals surface area contributed by atoms with Gasteiger partial charge >= 0.3 is 0 Å². The van der Waals surface area contributed by atoms with Crippen molar-refractivity contribution in [3.05, 3.63) is 48.0 Å². The number of hydrogen-bond acceptors (Lipinski definition) is 2. The molecule has 19 heavy (non-hydrogen) atoms. The molecule has 2 N–H and O–H groups in total. The molecule has 1 heterocycles. The maximum absolute atomic E-state index is 12.5. The topological polar surface area (TPSA) is 46.3 Å². The third-order valence-corrected chi connectivity index (χ3v) is 4.36. The lowest BCUT2D eigenvalue weighted by atomic mass is 9.86. The summed E-state index contributed by atoms with van der Waals surface area (Å²) in [6.07, 6.45) is 6.70. The monoisotopic (exact) mass is 256 g/mol. The number of rotatable bonds is 2. The molecular formula is C16H20N2O. The van der Waals surface area contributed by atoms with Crippen LogP contribution in [0.4, 0.5) is 0 Å². The average molecular weight is 256 g/mol. The van der Waals surface area contributed by atoms with Gasteiger partial charge in [-0.2, -0.15) is 0 Å². The van der Waals surface area contributed by atoms with Gasteiger partial charge in [-0.1, -0.05) is 42.5 Å². The summed E-state index contributed by atoms with van der Waals surface area (Å²) in [6, 6.07) is 9.12. The molecule has 1 aliphatic heterocycles. The van der Waals surface area contributed by atoms with Crippen LogP contribution in [0.1, 0.15) is 24.4 Å². The van der Waals surface area contributed by atoms with Crippen LogP contribution in [0, 0.1) is 11.8 Å². The maximum atomic E-state index is 12.5. The number of carbonyl (C=O) groups excluding carboxylic acids is 1. The van der Waals surface area contributed by atoms with Gasteiger partial charge in [0.15, 0.2) is 0 Å². The van der Waals surface area contributed by atoms with Crippen molar-refractivity contribution in [2.24, 2.45) is 17.6 Å². The van der Waals surface area contributed by atoms with Crippen molar-refractivity contribution < 1.29 is 4.79 Å². The molecule has 1 fully saturated rings. The molecule has 1 amide bonds. The second kappa shape index (κ2) is 5.17. The summed E-state index contributed by atoms with van der Waals surface area (Å²) in [4.78, 5) is 14.4. The van der Waals surface area contributed by atoms with E-state index in [1.807, 2.05) is 35.2 Å². The molecule has 0 bridgehead atoms. The molecule has 0 radical (unpaired) electrons. The van der Waals surface area contributed by atoms with E-state index in [1.54, 1.807) is 0 Å². The highest BCUT2D eigenvalue weighted by atomic mass is 16.2. The second-order valence-corrected chi connectivity index (χ2v) is 5.59. The lowest BCUT2D eigenvalue weighted by Gasteiger charge is -2.21. The van der Waals surface area contributed by atoms with Gasteiger partial charge in [0, 0.05) is 13.1 Å². The highest BCUT2D eigenvalue weighted by Gasteiger charge is 2.36. The molecule has 0 unspecified atom stereocenters. The number of allylic oxidation sites excluding steroid dienone is 2. The Morgan fingerprint density at radius 3 is 2.26 bits per heavy atom. The number of benzene rings is 1. The highest BCUT2D eigenvalue weighted by Crippen LogP contribution is 2.33. The summed E-state index contributed by atoms with van der Waals surface area (Å²) in [5.41, 5.74) is 7.00. The number of fused-ring (bicyclic) bond motifs is 1. The highest BCUT2D eigenvalue weighted by molar-refractivity contribution is 5.83. The minimum Gasteiger partial charge on any atom is -0.340 e. The quantitative estimate of drug-likeness (QED) is 0.824. The molecule has 1 aromatic carbocycles. The molecular weight excluding hydrogens is 236 g/mol. The number of likely N-dealkylation sites (tertiary alicyclic amines) is 1. The SMILES string of the molecule is N[C@H](C(=O)N1C[C@H]2CC=CC[C@H]2C1)c1ccccc1. The second-order valence-electron chi connectivity index (χ2n) is 5.59. The first-order chi connectivity index (χ1) is 9.25. The van der Waals surface area contributed by atoms with Crippen LogP contribution in [0.5, 0.6) is 0 Å². The fraction of sp³-hybridized carbons (Fsp3) is 0.438. The molecule has 1 aliphatic carbocycles. The van der Waals surface area contributed by atoms with Crippen LogP contribution in [-0.2, 0) is 4.79 Å². The molecule has 2 aliphatic rings. The van der Waals surface area contributed by atoms with Gasteiger partial charge in [-0.25, -0.2) is 0 Å². The fourth-order valence-corrected chi connectivity index (χ4v) is 3.19. The Hall–Kier alpha value is -1.61. The summed E-state index contributed by atoms with van der Waals surface area (Å²) < 4.78 is 0. The van der Waals surface area contributed by atoms with Gasteiger partial charge in [-0.05, 0) is 30.2 Å². The molecule has 3 heteroatoms. The smallest absolute Gasteiger partial charge is 0.244 e. The maximum Gasteiger partial charge on any atom is 0.244 e. The van der Waals surface area contributed by atoms with Gasteiger partial charge in [-0.15, -0.1) is 0 Å². The molecule has 1 aromatic rings. The number of nitrogens with two attached hydrogens (primary N) is 1. The predicted octanol–water partition coefficient (Wildman–Crippen LogP) is 2.11. The molecule has 0 aromatic heterocycles. The van der Waals surface area contributed by atoms with E-state index in [1.165, 1.54) is 0 Å². The first-order valence-corrected chi connectivity index (χ1v) is 7.00. The van der Waals surface area contributed by atoms with Crippen LogP contribution < -0.4 is 5.73 Å². The zero-order valence-electron chi connectivity index (χ0n) is 11.0. The van der Waals surface area contributed by atoms with Gasteiger partial charge in [0.1, 0.15) is 6.04 Å². The van der Waals surface area contributed by atoms with Crippen LogP contribution in [0.15, 0.2) is 42.5 Å². The number of carbonyl (C=O) groups is 1. The van der Waals surface area contributed by atoms with Gasteiger partial charge in [0.2, 0.25) is 5.91 Å². The average Bonchev–Trinajstić information content (AvgIpc) is 2.90. The minimum atomic E-state index is -0.519. The van der Waals surface area contributed by atoms with Crippen LogP contribution >= 0.6 is 0 Å². The van der Waals surface area contributed by atoms with Crippen molar-refractivity contribution in [3.63, 3.8) is 0 Å². The van der Waals surface area contributed by atoms with Crippen molar-refractivity contribution in [1.82, 2.24) is 4.90 Å². The van der Waals surface area contributed by atoms with Gasteiger partial charge in [-0.3, -0.25) is 4.79 Å². The zero-order chi connectivity index (χ0) is 13.2. The van der Waals surface area contributed by atoms with Crippen LogP contribution in [0.25, 0.3) is 0 Å². The third kappa shape index (κ3) is 2.43. The zero-order valence-corrected chi connectivity index (χ0v) is 11.0. The van der Waals surface area contributed by atoms with Crippen molar-refractivity contribution in [2.45, 2.75) is 18.9 Å². The Bertz CT molecular complexity index is 467. The molecule has 100 valence electrons. The summed E-state index contributed by atoms with van der Waals surface area (Å²) in [5, 5.41) is 0. The molecule has 3 nitrogen and oxygen atoms in total. The lowest BCUT2D eigenvalue weighted by molar-refractivity contribution is -0.131. The molecule has 3 atom stereocenters. The lowest BCUT2D eigenvalue weighted by Crippen LogP contribution is -2.37. The summed E-state index contributed by atoms with van der Waals surface area (Å²) in [7, 11) is 0. The van der Waals surface area contributed by atoms with Crippen molar-refractivity contribution >= 4 is 5.91 Å². The summed E-state index contributed by atoms with van der Waals surface area (Å²) >= 11 is 0. The van der Waals surface area contributed by atoms with E-state index in [-0.39, 0.29) is 5.91 Å². The molecule has 0 saturated carbocycles. The van der Waals surface area contributed by atoms with E-state index >= 15 is 0 Å². The first kappa shape index (κ1) is 12.4. The fourth-order valence-electron chi connectivity index (χ4n) is 3.19.